The lowest BCUT2D eigenvalue weighted by molar-refractivity contribution is 0.0397. The lowest BCUT2D eigenvalue weighted by Gasteiger charge is -2.43. The van der Waals surface area contributed by atoms with Crippen molar-refractivity contribution >= 4 is 29.2 Å². The van der Waals surface area contributed by atoms with E-state index in [1.54, 1.807) is 42.4 Å². The molecule has 5 rings (SSSR count). The molecule has 0 saturated carbocycles. The number of piperazine rings is 1. The summed E-state index contributed by atoms with van der Waals surface area (Å²) in [4.78, 5) is 31.6. The van der Waals surface area contributed by atoms with Gasteiger partial charge in [-0.25, -0.2) is 19.2 Å². The molecule has 1 unspecified atom stereocenters. The number of ether oxygens (including phenoxy) is 1. The molecular formula is C27H26ClFN6O4. The molecule has 3 heterocycles. The number of nitroso groups, excluding NO2 is 1. The van der Waals surface area contributed by atoms with Gasteiger partial charge in [-0.15, -0.1) is 4.91 Å². The van der Waals surface area contributed by atoms with Gasteiger partial charge in [0.15, 0.2) is 0 Å². The second-order valence-electron chi connectivity index (χ2n) is 9.15. The van der Waals surface area contributed by atoms with Gasteiger partial charge in [-0.3, -0.25) is 0 Å². The number of fused-ring (bicyclic) bond motifs is 1. The zero-order chi connectivity index (χ0) is 27.5. The Bertz CT molecular complexity index is 1440. The van der Waals surface area contributed by atoms with Crippen LogP contribution in [-0.4, -0.2) is 60.4 Å². The third-order valence-corrected chi connectivity index (χ3v) is 7.13. The first-order valence-corrected chi connectivity index (χ1v) is 12.7. The molecule has 2 aliphatic rings. The van der Waals surface area contributed by atoms with Crippen molar-refractivity contribution in [2.75, 3.05) is 43.2 Å². The minimum absolute atomic E-state index is 0.0337. The van der Waals surface area contributed by atoms with Crippen molar-refractivity contribution in [2.45, 2.75) is 12.5 Å². The van der Waals surface area contributed by atoms with Crippen molar-refractivity contribution < 1.29 is 19.0 Å². The molecule has 0 aliphatic carbocycles. The van der Waals surface area contributed by atoms with Crippen molar-refractivity contribution in [3.8, 4) is 28.0 Å². The SMILES string of the molecule is CN/C=C\N(N=O)c1ccc(-c2cc(F)cc(-c3ccnc(N4CCN5C(=O)OCCC5C4)c3)c2O)cc1Cl. The highest BCUT2D eigenvalue weighted by molar-refractivity contribution is 6.33. The predicted octanol–water partition coefficient (Wildman–Crippen LogP) is 5.12. The van der Waals surface area contributed by atoms with Crippen molar-refractivity contribution in [1.29, 1.82) is 0 Å². The van der Waals surface area contributed by atoms with Crippen LogP contribution in [0.15, 0.2) is 66.3 Å². The number of aromatic nitrogens is 1. The monoisotopic (exact) mass is 552 g/mol. The molecular weight excluding hydrogens is 527 g/mol. The molecule has 1 aromatic heterocycles. The van der Waals surface area contributed by atoms with Gasteiger partial charge < -0.3 is 25.0 Å². The standard InChI is InChI=1S/C27H26ClFN6O4/c1-30-7-8-35(32-38)24-3-2-17(12-23(24)28)21-14-19(29)15-22(26(21)36)18-4-6-31-25(13-18)33-9-10-34-20(16-33)5-11-39-27(34)37/h2-4,6-8,12-15,20,30,36H,5,9-11,16H2,1H3/b8-7-. The van der Waals surface area contributed by atoms with E-state index in [4.69, 9.17) is 16.3 Å². The summed E-state index contributed by atoms with van der Waals surface area (Å²) in [6.45, 7) is 2.09. The number of benzene rings is 2. The van der Waals surface area contributed by atoms with Gasteiger partial charge in [-0.1, -0.05) is 17.7 Å². The first-order chi connectivity index (χ1) is 18.9. The zero-order valence-electron chi connectivity index (χ0n) is 21.1. The van der Waals surface area contributed by atoms with E-state index in [1.807, 2.05) is 0 Å². The smallest absolute Gasteiger partial charge is 0.410 e. The lowest BCUT2D eigenvalue weighted by Crippen LogP contribution is -2.58. The van der Waals surface area contributed by atoms with E-state index in [2.05, 4.69) is 20.5 Å². The van der Waals surface area contributed by atoms with Crippen molar-refractivity contribution in [2.24, 2.45) is 5.29 Å². The van der Waals surface area contributed by atoms with Crippen LogP contribution in [0.3, 0.4) is 0 Å². The highest BCUT2D eigenvalue weighted by atomic mass is 35.5. The number of phenolic OH excluding ortho intramolecular Hbond substituents is 1. The van der Waals surface area contributed by atoms with Crippen molar-refractivity contribution in [1.82, 2.24) is 15.2 Å². The predicted molar refractivity (Wildman–Crippen MR) is 147 cm³/mol. The summed E-state index contributed by atoms with van der Waals surface area (Å²) in [6.07, 6.45) is 4.99. The van der Waals surface area contributed by atoms with Gasteiger partial charge >= 0.3 is 6.09 Å². The third kappa shape index (κ3) is 5.30. The number of halogens is 2. The third-order valence-electron chi connectivity index (χ3n) is 6.82. The maximum atomic E-state index is 14.9. The molecule has 2 saturated heterocycles. The van der Waals surface area contributed by atoms with Crippen LogP contribution in [0.25, 0.3) is 22.3 Å². The van der Waals surface area contributed by atoms with Crippen LogP contribution in [0.2, 0.25) is 5.02 Å². The molecule has 2 aromatic carbocycles. The number of carbonyl (C=O) groups excluding carboxylic acids is 1. The second kappa shape index (κ2) is 11.2. The second-order valence-corrected chi connectivity index (χ2v) is 9.55. The number of carbonyl (C=O) groups is 1. The molecule has 10 nitrogen and oxygen atoms in total. The van der Waals surface area contributed by atoms with Gasteiger partial charge in [0.05, 0.1) is 28.6 Å². The molecule has 0 bridgehead atoms. The van der Waals surface area contributed by atoms with E-state index < -0.39 is 5.82 Å². The van der Waals surface area contributed by atoms with Crippen LogP contribution < -0.4 is 15.2 Å². The number of rotatable bonds is 7. The van der Waals surface area contributed by atoms with E-state index in [1.165, 1.54) is 30.6 Å². The molecule has 2 N–H and O–H groups in total. The summed E-state index contributed by atoms with van der Waals surface area (Å²) in [7, 11) is 1.68. The average molecular weight is 553 g/mol. The molecule has 0 radical (unpaired) electrons. The van der Waals surface area contributed by atoms with Crippen LogP contribution in [0.1, 0.15) is 6.42 Å². The Hall–Kier alpha value is -4.38. The van der Waals surface area contributed by atoms with Gasteiger partial charge in [0.1, 0.15) is 17.4 Å². The van der Waals surface area contributed by atoms with Crippen LogP contribution in [0.4, 0.5) is 20.7 Å². The Morgan fingerprint density at radius 2 is 1.97 bits per heavy atom. The first-order valence-electron chi connectivity index (χ1n) is 12.3. The first kappa shape index (κ1) is 26.2. The highest BCUT2D eigenvalue weighted by Gasteiger charge is 2.35. The van der Waals surface area contributed by atoms with Crippen LogP contribution >= 0.6 is 11.6 Å². The maximum Gasteiger partial charge on any atom is 0.410 e. The zero-order valence-corrected chi connectivity index (χ0v) is 21.8. The molecule has 202 valence electrons. The normalized spacial score (nSPS) is 17.1. The van der Waals surface area contributed by atoms with Crippen LogP contribution in [0, 0.1) is 10.7 Å². The van der Waals surface area contributed by atoms with Crippen molar-refractivity contribution in [3.05, 3.63) is 76.8 Å². The Balaban J connectivity index is 1.45. The van der Waals surface area contributed by atoms with E-state index in [9.17, 15) is 19.2 Å². The highest BCUT2D eigenvalue weighted by Crippen LogP contribution is 2.41. The summed E-state index contributed by atoms with van der Waals surface area (Å²) in [5, 5.41) is 18.2. The number of phenols is 1. The molecule has 1 atom stereocenters. The summed E-state index contributed by atoms with van der Waals surface area (Å²) in [5.74, 6) is -0.00346. The summed E-state index contributed by atoms with van der Waals surface area (Å²) in [5.41, 5.74) is 1.90. The Labute approximate surface area is 229 Å². The number of aromatic hydroxyl groups is 1. The average Bonchev–Trinajstić information content (AvgIpc) is 2.95. The van der Waals surface area contributed by atoms with E-state index in [0.717, 1.165) is 11.4 Å². The Morgan fingerprint density at radius 1 is 1.21 bits per heavy atom. The summed E-state index contributed by atoms with van der Waals surface area (Å²) in [6, 6.07) is 10.7. The lowest BCUT2D eigenvalue weighted by atomic mass is 9.97. The fraction of sp³-hybridized carbons (Fsp3) is 0.259. The minimum atomic E-state index is -0.543. The number of amides is 1. The van der Waals surface area contributed by atoms with Crippen molar-refractivity contribution in [3.63, 3.8) is 0 Å². The number of nitrogens with one attached hydrogen (secondary N) is 1. The largest absolute Gasteiger partial charge is 0.507 e. The summed E-state index contributed by atoms with van der Waals surface area (Å²) >= 11 is 6.43. The number of hydrogen-bond donors (Lipinski definition) is 2. The number of cyclic esters (lactones) is 1. The van der Waals surface area contributed by atoms with E-state index in [0.29, 0.717) is 54.4 Å². The molecule has 39 heavy (non-hydrogen) atoms. The molecule has 0 spiro atoms. The quantitative estimate of drug-likeness (QED) is 0.307. The number of anilines is 2. The van der Waals surface area contributed by atoms with E-state index in [-0.39, 0.29) is 28.5 Å². The number of hydrogen-bond acceptors (Lipinski definition) is 8. The van der Waals surface area contributed by atoms with Crippen LogP contribution in [-0.2, 0) is 4.74 Å². The molecule has 2 fully saturated rings. The molecule has 1 amide bonds. The number of pyridine rings is 1. The van der Waals surface area contributed by atoms with Gasteiger partial charge in [0.25, 0.3) is 0 Å². The number of nitrogens with zero attached hydrogens (tertiary/aromatic N) is 5. The molecule has 12 heteroatoms. The molecule has 2 aliphatic heterocycles. The van der Waals surface area contributed by atoms with Gasteiger partial charge in [-0.2, -0.15) is 0 Å². The maximum absolute atomic E-state index is 14.9. The van der Waals surface area contributed by atoms with Gasteiger partial charge in [0, 0.05) is 62.8 Å². The van der Waals surface area contributed by atoms with Crippen LogP contribution in [0.5, 0.6) is 5.75 Å². The molecule has 3 aromatic rings. The Morgan fingerprint density at radius 3 is 2.69 bits per heavy atom. The fourth-order valence-corrected chi connectivity index (χ4v) is 5.14. The van der Waals surface area contributed by atoms with Gasteiger partial charge in [0.2, 0.25) is 0 Å². The van der Waals surface area contributed by atoms with Gasteiger partial charge in [-0.05, 0) is 47.5 Å². The minimum Gasteiger partial charge on any atom is -0.507 e. The van der Waals surface area contributed by atoms with E-state index >= 15 is 0 Å². The fourth-order valence-electron chi connectivity index (χ4n) is 4.87. The topological polar surface area (TPSA) is 111 Å². The summed E-state index contributed by atoms with van der Waals surface area (Å²) < 4.78 is 20.0. The Kier molecular flexibility index (Phi) is 7.51.